The molecule has 1 unspecified atom stereocenters. The van der Waals surface area contributed by atoms with Gasteiger partial charge in [0.2, 0.25) is 0 Å². The zero-order valence-corrected chi connectivity index (χ0v) is 10.2. The van der Waals surface area contributed by atoms with Gasteiger partial charge in [-0.1, -0.05) is 25.4 Å². The van der Waals surface area contributed by atoms with Crippen molar-refractivity contribution in [3.05, 3.63) is 33.1 Å². The van der Waals surface area contributed by atoms with Crippen molar-refractivity contribution in [2.75, 3.05) is 5.32 Å². The third kappa shape index (κ3) is 2.34. The lowest BCUT2D eigenvalue weighted by molar-refractivity contribution is -0.384. The fourth-order valence-corrected chi connectivity index (χ4v) is 1.87. The van der Waals surface area contributed by atoms with Crippen LogP contribution in [0.25, 0.3) is 0 Å². The number of hydrogen-bond donors (Lipinski definition) is 1. The standard InChI is InChI=1S/C11H12ClFN2O2/c1-11(2)5-10(11)14-8-3-6(12)7(13)4-9(8)15(16)17/h3-4,10,14H,5H2,1-2H3. The molecule has 6 heteroatoms. The molecule has 1 aliphatic carbocycles. The minimum absolute atomic E-state index is 0.114. The zero-order chi connectivity index (χ0) is 12.8. The van der Waals surface area contributed by atoms with E-state index in [1.54, 1.807) is 0 Å². The molecule has 1 aliphatic rings. The van der Waals surface area contributed by atoms with E-state index in [4.69, 9.17) is 11.6 Å². The average molecular weight is 259 g/mol. The van der Waals surface area contributed by atoms with E-state index in [2.05, 4.69) is 19.2 Å². The van der Waals surface area contributed by atoms with Crippen molar-refractivity contribution < 1.29 is 9.31 Å². The van der Waals surface area contributed by atoms with Gasteiger partial charge in [-0.3, -0.25) is 10.1 Å². The summed E-state index contributed by atoms with van der Waals surface area (Å²) in [6, 6.07) is 2.28. The van der Waals surface area contributed by atoms with Crippen LogP contribution in [-0.4, -0.2) is 11.0 Å². The first-order valence-electron chi connectivity index (χ1n) is 5.21. The quantitative estimate of drug-likeness (QED) is 0.666. The Morgan fingerprint density at radius 1 is 1.59 bits per heavy atom. The smallest absolute Gasteiger partial charge is 0.295 e. The van der Waals surface area contributed by atoms with E-state index in [1.165, 1.54) is 6.07 Å². The van der Waals surface area contributed by atoms with Crippen molar-refractivity contribution in [2.24, 2.45) is 5.41 Å². The monoisotopic (exact) mass is 258 g/mol. The van der Waals surface area contributed by atoms with Gasteiger partial charge in [-0.15, -0.1) is 0 Å². The highest BCUT2D eigenvalue weighted by Crippen LogP contribution is 2.47. The highest BCUT2D eigenvalue weighted by Gasteiger charge is 2.46. The first-order chi connectivity index (χ1) is 7.81. The summed E-state index contributed by atoms with van der Waals surface area (Å²) in [7, 11) is 0. The van der Waals surface area contributed by atoms with Crippen LogP contribution in [0.2, 0.25) is 5.02 Å². The molecular weight excluding hydrogens is 247 g/mol. The van der Waals surface area contributed by atoms with Gasteiger partial charge in [-0.05, 0) is 17.9 Å². The van der Waals surface area contributed by atoms with Crippen LogP contribution in [-0.2, 0) is 0 Å². The Labute approximate surface area is 103 Å². The fraction of sp³-hybridized carbons (Fsp3) is 0.455. The molecule has 1 aromatic rings. The maximum absolute atomic E-state index is 13.2. The summed E-state index contributed by atoms with van der Waals surface area (Å²) in [6.45, 7) is 4.11. The molecule has 4 nitrogen and oxygen atoms in total. The Morgan fingerprint density at radius 2 is 2.18 bits per heavy atom. The van der Waals surface area contributed by atoms with Gasteiger partial charge in [0, 0.05) is 6.04 Å². The van der Waals surface area contributed by atoms with E-state index < -0.39 is 10.7 Å². The molecule has 1 N–H and O–H groups in total. The minimum atomic E-state index is -0.779. The normalized spacial score (nSPS) is 21.1. The van der Waals surface area contributed by atoms with E-state index in [0.29, 0.717) is 0 Å². The average Bonchev–Trinajstić information content (AvgIpc) is 2.79. The molecule has 1 saturated carbocycles. The summed E-state index contributed by atoms with van der Waals surface area (Å²) in [5.41, 5.74) is 0.112. The Bertz CT molecular complexity index is 491. The summed E-state index contributed by atoms with van der Waals surface area (Å²) in [4.78, 5) is 10.2. The second kappa shape index (κ2) is 3.84. The highest BCUT2D eigenvalue weighted by atomic mass is 35.5. The molecule has 0 aromatic heterocycles. The number of halogens is 2. The maximum atomic E-state index is 13.2. The lowest BCUT2D eigenvalue weighted by Gasteiger charge is -2.09. The number of hydrogen-bond acceptors (Lipinski definition) is 3. The van der Waals surface area contributed by atoms with Crippen LogP contribution in [0, 0.1) is 21.3 Å². The number of rotatable bonds is 3. The zero-order valence-electron chi connectivity index (χ0n) is 9.46. The topological polar surface area (TPSA) is 55.2 Å². The second-order valence-corrected chi connectivity index (χ2v) is 5.34. The van der Waals surface area contributed by atoms with E-state index in [1.807, 2.05) is 0 Å². The Morgan fingerprint density at radius 3 is 2.65 bits per heavy atom. The van der Waals surface area contributed by atoms with Crippen LogP contribution in [0.3, 0.4) is 0 Å². The van der Waals surface area contributed by atoms with Gasteiger partial charge in [0.1, 0.15) is 11.5 Å². The lowest BCUT2D eigenvalue weighted by atomic mass is 10.2. The molecule has 92 valence electrons. The van der Waals surface area contributed by atoms with Crippen molar-refractivity contribution in [3.63, 3.8) is 0 Å². The summed E-state index contributed by atoms with van der Waals surface area (Å²) in [5.74, 6) is -0.779. The number of nitro groups is 1. The molecule has 0 heterocycles. The molecule has 1 fully saturated rings. The predicted molar refractivity (Wildman–Crippen MR) is 63.9 cm³/mol. The SMILES string of the molecule is CC1(C)CC1Nc1cc(Cl)c(F)cc1[N+](=O)[O-]. The van der Waals surface area contributed by atoms with Gasteiger partial charge in [-0.25, -0.2) is 4.39 Å². The van der Waals surface area contributed by atoms with Crippen molar-refractivity contribution >= 4 is 23.0 Å². The Balaban J connectivity index is 2.32. The molecule has 0 bridgehead atoms. The lowest BCUT2D eigenvalue weighted by Crippen LogP contribution is -2.10. The van der Waals surface area contributed by atoms with Crippen LogP contribution in [0.1, 0.15) is 20.3 Å². The van der Waals surface area contributed by atoms with Gasteiger partial charge in [0.25, 0.3) is 5.69 Å². The van der Waals surface area contributed by atoms with Crippen LogP contribution >= 0.6 is 11.6 Å². The maximum Gasteiger partial charge on any atom is 0.295 e. The van der Waals surface area contributed by atoms with Gasteiger partial charge >= 0.3 is 0 Å². The van der Waals surface area contributed by atoms with Crippen LogP contribution in [0.4, 0.5) is 15.8 Å². The first-order valence-corrected chi connectivity index (χ1v) is 5.59. The van der Waals surface area contributed by atoms with Crippen molar-refractivity contribution in [3.8, 4) is 0 Å². The molecule has 0 saturated heterocycles. The molecule has 1 aromatic carbocycles. The van der Waals surface area contributed by atoms with E-state index in [-0.39, 0.29) is 27.9 Å². The fourth-order valence-electron chi connectivity index (χ4n) is 1.70. The molecular formula is C11H12ClFN2O2. The summed E-state index contributed by atoms with van der Waals surface area (Å²) in [5, 5.41) is 13.7. The summed E-state index contributed by atoms with van der Waals surface area (Å²) < 4.78 is 13.2. The van der Waals surface area contributed by atoms with Gasteiger partial charge < -0.3 is 5.32 Å². The van der Waals surface area contributed by atoms with Gasteiger partial charge in [0.15, 0.2) is 0 Å². The third-order valence-electron chi connectivity index (χ3n) is 3.08. The molecule has 0 radical (unpaired) electrons. The number of nitro benzene ring substituents is 1. The Kier molecular flexibility index (Phi) is 2.73. The largest absolute Gasteiger partial charge is 0.376 e. The van der Waals surface area contributed by atoms with E-state index in [0.717, 1.165) is 12.5 Å². The number of nitrogens with one attached hydrogen (secondary N) is 1. The predicted octanol–water partition coefficient (Wildman–Crippen LogP) is 3.60. The van der Waals surface area contributed by atoms with E-state index in [9.17, 15) is 14.5 Å². The molecule has 2 rings (SSSR count). The van der Waals surface area contributed by atoms with Crippen LogP contribution in [0.15, 0.2) is 12.1 Å². The van der Waals surface area contributed by atoms with Crippen LogP contribution in [0.5, 0.6) is 0 Å². The summed E-state index contributed by atoms with van der Waals surface area (Å²) in [6.07, 6.45) is 0.930. The first kappa shape index (κ1) is 12.1. The summed E-state index contributed by atoms with van der Waals surface area (Å²) >= 11 is 5.63. The molecule has 1 atom stereocenters. The molecule has 17 heavy (non-hydrogen) atoms. The van der Waals surface area contributed by atoms with Crippen molar-refractivity contribution in [1.29, 1.82) is 0 Å². The van der Waals surface area contributed by atoms with Crippen LogP contribution < -0.4 is 5.32 Å². The number of nitrogens with zero attached hydrogens (tertiary/aromatic N) is 1. The minimum Gasteiger partial charge on any atom is -0.376 e. The molecule has 0 amide bonds. The molecule has 0 spiro atoms. The molecule has 0 aliphatic heterocycles. The van der Waals surface area contributed by atoms with E-state index >= 15 is 0 Å². The Hall–Kier alpha value is -1.36. The van der Waals surface area contributed by atoms with Crippen molar-refractivity contribution in [1.82, 2.24) is 0 Å². The number of anilines is 1. The van der Waals surface area contributed by atoms with Gasteiger partial charge in [-0.2, -0.15) is 0 Å². The highest BCUT2D eigenvalue weighted by molar-refractivity contribution is 6.31. The second-order valence-electron chi connectivity index (χ2n) is 4.93. The third-order valence-corrected chi connectivity index (χ3v) is 3.37. The number of benzene rings is 1. The van der Waals surface area contributed by atoms with Crippen molar-refractivity contribution in [2.45, 2.75) is 26.3 Å². The van der Waals surface area contributed by atoms with Gasteiger partial charge in [0.05, 0.1) is 16.0 Å².